The Bertz CT molecular complexity index is 1510. The highest BCUT2D eigenvalue weighted by atomic mass is 16.6. The molecule has 1 aliphatic carbocycles. The van der Waals surface area contributed by atoms with Gasteiger partial charge in [-0.05, 0) is 59.9 Å². The van der Waals surface area contributed by atoms with Crippen molar-refractivity contribution in [3.05, 3.63) is 136 Å². The maximum absolute atomic E-state index is 13.6. The molecule has 1 N–H and O–H groups in total. The van der Waals surface area contributed by atoms with Crippen molar-refractivity contribution in [1.82, 2.24) is 0 Å². The number of para-hydroxylation sites is 1. The summed E-state index contributed by atoms with van der Waals surface area (Å²) in [6.45, 7) is 5.98. The SMILES string of the molecule is CNc1ccccc1C(=O)OC1C(OC(=O)c2ccccc2C)[C@@H](c2ccccc2C)c2ccccc2[C@@H]1C. The lowest BCUT2D eigenvalue weighted by molar-refractivity contribution is -0.0532. The van der Waals surface area contributed by atoms with Gasteiger partial charge in [-0.3, -0.25) is 0 Å². The van der Waals surface area contributed by atoms with Crippen LogP contribution in [0, 0.1) is 13.8 Å². The molecule has 4 aromatic carbocycles. The zero-order valence-corrected chi connectivity index (χ0v) is 22.7. The highest BCUT2D eigenvalue weighted by Crippen LogP contribution is 2.46. The van der Waals surface area contributed by atoms with Gasteiger partial charge in [0, 0.05) is 18.7 Å². The van der Waals surface area contributed by atoms with E-state index in [1.54, 1.807) is 19.2 Å². The summed E-state index contributed by atoms with van der Waals surface area (Å²) >= 11 is 0. The van der Waals surface area contributed by atoms with Gasteiger partial charge in [-0.25, -0.2) is 9.59 Å². The van der Waals surface area contributed by atoms with E-state index in [-0.39, 0.29) is 11.8 Å². The number of fused-ring (bicyclic) bond motifs is 1. The lowest BCUT2D eigenvalue weighted by Gasteiger charge is -2.42. The number of hydrogen-bond acceptors (Lipinski definition) is 5. The van der Waals surface area contributed by atoms with Gasteiger partial charge in [-0.1, -0.05) is 85.8 Å². The molecule has 0 heterocycles. The van der Waals surface area contributed by atoms with Gasteiger partial charge in [0.1, 0.15) is 6.10 Å². The van der Waals surface area contributed by atoms with Crippen LogP contribution in [0.4, 0.5) is 5.69 Å². The van der Waals surface area contributed by atoms with Crippen LogP contribution in [0.3, 0.4) is 0 Å². The first-order chi connectivity index (χ1) is 18.9. The number of benzene rings is 4. The van der Waals surface area contributed by atoms with Gasteiger partial charge < -0.3 is 14.8 Å². The highest BCUT2D eigenvalue weighted by molar-refractivity contribution is 5.96. The molecule has 198 valence electrons. The summed E-state index contributed by atoms with van der Waals surface area (Å²) in [7, 11) is 1.77. The van der Waals surface area contributed by atoms with Gasteiger partial charge in [0.05, 0.1) is 17.0 Å². The van der Waals surface area contributed by atoms with E-state index < -0.39 is 24.1 Å². The molecule has 0 aliphatic heterocycles. The predicted molar refractivity (Wildman–Crippen MR) is 153 cm³/mol. The number of carbonyl (C=O) groups is 2. The van der Waals surface area contributed by atoms with Crippen molar-refractivity contribution in [2.45, 2.75) is 44.8 Å². The summed E-state index contributed by atoms with van der Waals surface area (Å²) < 4.78 is 12.7. The fourth-order valence-electron chi connectivity index (χ4n) is 5.68. The van der Waals surface area contributed by atoms with Gasteiger partial charge in [0.25, 0.3) is 0 Å². The number of rotatable bonds is 6. The van der Waals surface area contributed by atoms with Crippen LogP contribution in [0.2, 0.25) is 0 Å². The molecule has 4 aromatic rings. The van der Waals surface area contributed by atoms with E-state index in [1.807, 2.05) is 74.5 Å². The van der Waals surface area contributed by atoms with Crippen molar-refractivity contribution >= 4 is 17.6 Å². The molecule has 5 nitrogen and oxygen atoms in total. The minimum atomic E-state index is -0.742. The van der Waals surface area contributed by atoms with Crippen molar-refractivity contribution in [1.29, 1.82) is 0 Å². The van der Waals surface area contributed by atoms with E-state index in [9.17, 15) is 9.59 Å². The van der Waals surface area contributed by atoms with Crippen molar-refractivity contribution in [3.63, 3.8) is 0 Å². The van der Waals surface area contributed by atoms with E-state index >= 15 is 0 Å². The fourth-order valence-corrected chi connectivity index (χ4v) is 5.68. The third-order valence-electron chi connectivity index (χ3n) is 7.76. The molecule has 4 atom stereocenters. The predicted octanol–water partition coefficient (Wildman–Crippen LogP) is 7.05. The maximum atomic E-state index is 13.6. The normalized spacial score (nSPS) is 20.0. The number of esters is 2. The average molecular weight is 520 g/mol. The second-order valence-electron chi connectivity index (χ2n) is 10.1. The van der Waals surface area contributed by atoms with Gasteiger partial charge >= 0.3 is 11.9 Å². The summed E-state index contributed by atoms with van der Waals surface area (Å²) in [6.07, 6.45) is -1.45. The largest absolute Gasteiger partial charge is 0.454 e. The zero-order chi connectivity index (χ0) is 27.5. The molecule has 0 fully saturated rings. The topological polar surface area (TPSA) is 64.6 Å². The van der Waals surface area contributed by atoms with Crippen molar-refractivity contribution < 1.29 is 19.1 Å². The first-order valence-corrected chi connectivity index (χ1v) is 13.3. The second kappa shape index (κ2) is 11.2. The summed E-state index contributed by atoms with van der Waals surface area (Å²) in [6, 6.07) is 30.9. The molecule has 39 heavy (non-hydrogen) atoms. The maximum Gasteiger partial charge on any atom is 0.340 e. The van der Waals surface area contributed by atoms with Crippen LogP contribution in [0.1, 0.15) is 67.3 Å². The number of nitrogens with one attached hydrogen (secondary N) is 1. The van der Waals surface area contributed by atoms with Crippen LogP contribution < -0.4 is 5.32 Å². The molecule has 0 amide bonds. The molecule has 1 aliphatic rings. The molecule has 0 radical (unpaired) electrons. The Morgan fingerprint density at radius 1 is 0.615 bits per heavy atom. The first kappa shape index (κ1) is 26.2. The third kappa shape index (κ3) is 5.05. The lowest BCUT2D eigenvalue weighted by atomic mass is 9.70. The molecule has 5 rings (SSSR count). The van der Waals surface area contributed by atoms with E-state index in [0.717, 1.165) is 27.8 Å². The Hall–Kier alpha value is -4.38. The minimum Gasteiger partial charge on any atom is -0.454 e. The van der Waals surface area contributed by atoms with Crippen LogP contribution in [-0.2, 0) is 9.47 Å². The molecular weight excluding hydrogens is 486 g/mol. The number of ether oxygens (including phenoxy) is 2. The van der Waals surface area contributed by atoms with Crippen LogP contribution in [0.15, 0.2) is 97.1 Å². The Kier molecular flexibility index (Phi) is 7.51. The van der Waals surface area contributed by atoms with Crippen molar-refractivity contribution in [2.75, 3.05) is 12.4 Å². The monoisotopic (exact) mass is 519 g/mol. The van der Waals surface area contributed by atoms with Crippen LogP contribution in [-0.4, -0.2) is 31.2 Å². The average Bonchev–Trinajstić information content (AvgIpc) is 2.96. The quantitative estimate of drug-likeness (QED) is 0.277. The number of anilines is 1. The van der Waals surface area contributed by atoms with E-state index in [1.165, 1.54) is 0 Å². The van der Waals surface area contributed by atoms with Crippen LogP contribution in [0.5, 0.6) is 0 Å². The molecule has 5 heteroatoms. The third-order valence-corrected chi connectivity index (χ3v) is 7.76. The number of hydrogen-bond donors (Lipinski definition) is 1. The molecule has 0 saturated heterocycles. The Morgan fingerprint density at radius 3 is 1.79 bits per heavy atom. The lowest BCUT2D eigenvalue weighted by Crippen LogP contribution is -2.47. The Morgan fingerprint density at radius 2 is 1.13 bits per heavy atom. The van der Waals surface area contributed by atoms with Crippen molar-refractivity contribution in [2.24, 2.45) is 0 Å². The minimum absolute atomic E-state index is 0.207. The van der Waals surface area contributed by atoms with E-state index in [0.29, 0.717) is 16.8 Å². The molecule has 0 saturated carbocycles. The smallest absolute Gasteiger partial charge is 0.340 e. The van der Waals surface area contributed by atoms with Gasteiger partial charge in [0.2, 0.25) is 0 Å². The highest BCUT2D eigenvalue weighted by Gasteiger charge is 2.47. The second-order valence-corrected chi connectivity index (χ2v) is 10.1. The Balaban J connectivity index is 1.64. The van der Waals surface area contributed by atoms with Gasteiger partial charge in [-0.2, -0.15) is 0 Å². The summed E-state index contributed by atoms with van der Waals surface area (Å²) in [5.74, 6) is -1.41. The summed E-state index contributed by atoms with van der Waals surface area (Å²) in [5, 5.41) is 3.07. The molecule has 0 spiro atoms. The van der Waals surface area contributed by atoms with Crippen LogP contribution in [0.25, 0.3) is 0 Å². The number of carbonyl (C=O) groups excluding carboxylic acids is 2. The van der Waals surface area contributed by atoms with Gasteiger partial charge in [0.15, 0.2) is 6.10 Å². The van der Waals surface area contributed by atoms with Crippen molar-refractivity contribution in [3.8, 4) is 0 Å². The molecular formula is C34H33NO4. The summed E-state index contributed by atoms with van der Waals surface area (Å²) in [5.41, 5.74) is 6.70. The molecule has 0 aromatic heterocycles. The fraction of sp³-hybridized carbons (Fsp3) is 0.235. The first-order valence-electron chi connectivity index (χ1n) is 13.3. The standard InChI is InChI=1S/C34H33NO4/c1-21-13-5-7-15-24(21)30-27-18-10-9-17-26(27)23(3)31(38-34(37)28-19-11-12-20-29(28)35-4)32(30)39-33(36)25-16-8-6-14-22(25)2/h5-20,23,30-32,35H,1-4H3/t23-,30-,31?,32?/m0/s1. The summed E-state index contributed by atoms with van der Waals surface area (Å²) in [4.78, 5) is 27.3. The zero-order valence-electron chi connectivity index (χ0n) is 22.7. The molecule has 2 unspecified atom stereocenters. The van der Waals surface area contributed by atoms with Gasteiger partial charge in [-0.15, -0.1) is 0 Å². The van der Waals surface area contributed by atoms with E-state index in [4.69, 9.17) is 9.47 Å². The number of aryl methyl sites for hydroxylation is 2. The van der Waals surface area contributed by atoms with E-state index in [2.05, 4.69) is 36.5 Å². The Labute approximate surface area is 229 Å². The molecule has 0 bridgehead atoms. The van der Waals surface area contributed by atoms with Crippen LogP contribution >= 0.6 is 0 Å².